The van der Waals surface area contributed by atoms with Gasteiger partial charge in [-0.3, -0.25) is 20.3 Å². The van der Waals surface area contributed by atoms with Crippen LogP contribution in [0.25, 0.3) is 0 Å². The van der Waals surface area contributed by atoms with Crippen molar-refractivity contribution >= 4 is 33.3 Å². The SMILES string of the molecule is COc1ccc(NS(=O)(=O)c2cc([N+](=O)[O-])ccc2N/N=C\c2ccccc2C(F)(F)F)cc1. The van der Waals surface area contributed by atoms with Crippen molar-refractivity contribution in [2.45, 2.75) is 11.1 Å². The largest absolute Gasteiger partial charge is 0.497 e. The van der Waals surface area contributed by atoms with Crippen LogP contribution in [-0.2, 0) is 16.2 Å². The third-order valence-electron chi connectivity index (χ3n) is 4.46. The number of alkyl halides is 3. The number of nitro groups is 1. The summed E-state index contributed by atoms with van der Waals surface area (Å²) in [6, 6.07) is 13.5. The number of nitrogens with zero attached hydrogens (tertiary/aromatic N) is 2. The molecule has 34 heavy (non-hydrogen) atoms. The first kappa shape index (κ1) is 24.5. The van der Waals surface area contributed by atoms with Gasteiger partial charge in [0.15, 0.2) is 0 Å². The molecule has 0 heterocycles. The van der Waals surface area contributed by atoms with Crippen LogP contribution in [0.2, 0.25) is 0 Å². The van der Waals surface area contributed by atoms with Crippen LogP contribution in [-0.4, -0.2) is 26.7 Å². The average molecular weight is 494 g/mol. The summed E-state index contributed by atoms with van der Waals surface area (Å²) < 4.78 is 72.7. The Hall–Kier alpha value is -4.13. The summed E-state index contributed by atoms with van der Waals surface area (Å²) in [7, 11) is -2.92. The predicted molar refractivity (Wildman–Crippen MR) is 120 cm³/mol. The number of hydrogen-bond acceptors (Lipinski definition) is 7. The highest BCUT2D eigenvalue weighted by Gasteiger charge is 2.32. The number of non-ortho nitro benzene ring substituents is 1. The maximum absolute atomic E-state index is 13.2. The lowest BCUT2D eigenvalue weighted by Crippen LogP contribution is -2.15. The average Bonchev–Trinajstić information content (AvgIpc) is 2.79. The zero-order valence-electron chi connectivity index (χ0n) is 17.4. The Morgan fingerprint density at radius 1 is 1.06 bits per heavy atom. The second-order valence-electron chi connectivity index (χ2n) is 6.73. The van der Waals surface area contributed by atoms with Gasteiger partial charge in [-0.1, -0.05) is 18.2 Å². The number of sulfonamides is 1. The summed E-state index contributed by atoms with van der Waals surface area (Å²) >= 11 is 0. The van der Waals surface area contributed by atoms with E-state index in [2.05, 4.69) is 15.2 Å². The maximum atomic E-state index is 13.2. The lowest BCUT2D eigenvalue weighted by molar-refractivity contribution is -0.385. The van der Waals surface area contributed by atoms with Gasteiger partial charge in [0, 0.05) is 23.4 Å². The van der Waals surface area contributed by atoms with Gasteiger partial charge >= 0.3 is 6.18 Å². The van der Waals surface area contributed by atoms with Crippen molar-refractivity contribution in [3.63, 3.8) is 0 Å². The van der Waals surface area contributed by atoms with Gasteiger partial charge in [-0.2, -0.15) is 18.3 Å². The number of nitrogens with one attached hydrogen (secondary N) is 2. The lowest BCUT2D eigenvalue weighted by atomic mass is 10.1. The minimum atomic E-state index is -4.62. The van der Waals surface area contributed by atoms with E-state index < -0.39 is 37.3 Å². The van der Waals surface area contributed by atoms with Crippen LogP contribution in [0, 0.1) is 10.1 Å². The van der Waals surface area contributed by atoms with Crippen LogP contribution < -0.4 is 14.9 Å². The third-order valence-corrected chi connectivity index (χ3v) is 5.88. The van der Waals surface area contributed by atoms with Gasteiger partial charge in [0.1, 0.15) is 10.6 Å². The summed E-state index contributed by atoms with van der Waals surface area (Å²) in [5.41, 5.74) is 0.624. The van der Waals surface area contributed by atoms with E-state index in [4.69, 9.17) is 4.74 Å². The Bertz CT molecular complexity index is 1330. The number of rotatable bonds is 8. The predicted octanol–water partition coefficient (Wildman–Crippen LogP) is 4.87. The molecule has 178 valence electrons. The van der Waals surface area contributed by atoms with Gasteiger partial charge in [-0.25, -0.2) is 8.42 Å². The maximum Gasteiger partial charge on any atom is 0.417 e. The highest BCUT2D eigenvalue weighted by Crippen LogP contribution is 2.32. The van der Waals surface area contributed by atoms with Gasteiger partial charge in [0.05, 0.1) is 29.5 Å². The number of hydrogen-bond donors (Lipinski definition) is 2. The first-order chi connectivity index (χ1) is 16.0. The fourth-order valence-electron chi connectivity index (χ4n) is 2.85. The van der Waals surface area contributed by atoms with Crippen LogP contribution in [0.3, 0.4) is 0 Å². The molecule has 0 radical (unpaired) electrons. The Labute approximate surface area is 192 Å². The molecule has 0 fully saturated rings. The molecule has 0 saturated heterocycles. The molecule has 0 bridgehead atoms. The number of methoxy groups -OCH3 is 1. The second kappa shape index (κ2) is 9.79. The number of anilines is 2. The molecule has 3 aromatic carbocycles. The molecule has 0 amide bonds. The van der Waals surface area contributed by atoms with Gasteiger partial charge in [-0.15, -0.1) is 0 Å². The lowest BCUT2D eigenvalue weighted by Gasteiger charge is -2.13. The van der Waals surface area contributed by atoms with Crippen LogP contribution in [0.4, 0.5) is 30.2 Å². The topological polar surface area (TPSA) is 123 Å². The van der Waals surface area contributed by atoms with Gasteiger partial charge in [0.25, 0.3) is 15.7 Å². The van der Waals surface area contributed by atoms with Crippen LogP contribution >= 0.6 is 0 Å². The van der Waals surface area contributed by atoms with Crippen molar-refractivity contribution in [3.8, 4) is 5.75 Å². The normalized spacial score (nSPS) is 11.9. The first-order valence-electron chi connectivity index (χ1n) is 9.42. The zero-order chi connectivity index (χ0) is 24.9. The number of benzene rings is 3. The van der Waals surface area contributed by atoms with Crippen molar-refractivity contribution in [2.24, 2.45) is 5.10 Å². The Kier molecular flexibility index (Phi) is 7.05. The number of ether oxygens (including phenoxy) is 1. The van der Waals surface area contributed by atoms with Crippen molar-refractivity contribution in [1.29, 1.82) is 0 Å². The second-order valence-corrected chi connectivity index (χ2v) is 8.38. The summed E-state index contributed by atoms with van der Waals surface area (Å²) in [5, 5.41) is 14.9. The standard InChI is InChI=1S/C21H17F3N4O5S/c1-33-17-9-6-15(7-10-17)27-34(31,32)20-12-16(28(29)30)8-11-19(20)26-25-13-14-4-2-3-5-18(14)21(22,23)24/h2-13,26-27H,1H3/b25-13-. The molecule has 0 aromatic heterocycles. The van der Waals surface area contributed by atoms with E-state index in [9.17, 15) is 31.7 Å². The number of nitro benzene ring substituents is 1. The zero-order valence-corrected chi connectivity index (χ0v) is 18.2. The fourth-order valence-corrected chi connectivity index (χ4v) is 4.08. The van der Waals surface area contributed by atoms with Gasteiger partial charge in [0.2, 0.25) is 0 Å². The molecular formula is C21H17F3N4O5S. The monoisotopic (exact) mass is 494 g/mol. The Morgan fingerprint density at radius 2 is 1.74 bits per heavy atom. The molecule has 0 atom stereocenters. The highest BCUT2D eigenvalue weighted by molar-refractivity contribution is 7.92. The minimum Gasteiger partial charge on any atom is -0.497 e. The Balaban J connectivity index is 1.94. The molecular weight excluding hydrogens is 477 g/mol. The van der Waals surface area contributed by atoms with Crippen LogP contribution in [0.1, 0.15) is 11.1 Å². The van der Waals surface area contributed by atoms with E-state index in [1.807, 2.05) is 0 Å². The van der Waals surface area contributed by atoms with Crippen LogP contribution in [0.5, 0.6) is 5.75 Å². The molecule has 13 heteroatoms. The van der Waals surface area contributed by atoms with Crippen molar-refractivity contribution < 1.29 is 31.2 Å². The molecule has 0 saturated carbocycles. The molecule has 0 aliphatic carbocycles. The van der Waals surface area contributed by atoms with E-state index in [1.165, 1.54) is 49.6 Å². The fraction of sp³-hybridized carbons (Fsp3) is 0.0952. The molecule has 3 aromatic rings. The van der Waals surface area contributed by atoms with E-state index in [0.717, 1.165) is 30.5 Å². The molecule has 3 rings (SSSR count). The third kappa shape index (κ3) is 5.81. The van der Waals surface area contributed by atoms with Gasteiger partial charge < -0.3 is 4.74 Å². The van der Waals surface area contributed by atoms with E-state index in [1.54, 1.807) is 0 Å². The molecule has 2 N–H and O–H groups in total. The smallest absolute Gasteiger partial charge is 0.417 e. The highest BCUT2D eigenvalue weighted by atomic mass is 32.2. The number of hydrazone groups is 1. The summed E-state index contributed by atoms with van der Waals surface area (Å²) in [5.74, 6) is 0.481. The number of halogens is 3. The van der Waals surface area contributed by atoms with E-state index in [-0.39, 0.29) is 16.9 Å². The Morgan fingerprint density at radius 3 is 2.35 bits per heavy atom. The molecule has 9 nitrogen and oxygen atoms in total. The molecule has 0 spiro atoms. The molecule has 0 aliphatic heterocycles. The quantitative estimate of drug-likeness (QED) is 0.262. The summed E-state index contributed by atoms with van der Waals surface area (Å²) in [6.07, 6.45) is -3.75. The summed E-state index contributed by atoms with van der Waals surface area (Å²) in [4.78, 5) is 9.86. The van der Waals surface area contributed by atoms with Gasteiger partial charge in [-0.05, 0) is 36.4 Å². The van der Waals surface area contributed by atoms with Crippen molar-refractivity contribution in [1.82, 2.24) is 0 Å². The van der Waals surface area contributed by atoms with Crippen molar-refractivity contribution in [2.75, 3.05) is 17.3 Å². The first-order valence-corrected chi connectivity index (χ1v) is 10.9. The molecule has 0 aliphatic rings. The van der Waals surface area contributed by atoms with E-state index >= 15 is 0 Å². The summed E-state index contributed by atoms with van der Waals surface area (Å²) in [6.45, 7) is 0. The minimum absolute atomic E-state index is 0.154. The van der Waals surface area contributed by atoms with E-state index in [0.29, 0.717) is 5.75 Å². The van der Waals surface area contributed by atoms with Crippen LogP contribution in [0.15, 0.2) is 76.7 Å². The molecule has 0 unspecified atom stereocenters. The van der Waals surface area contributed by atoms with Crippen molar-refractivity contribution in [3.05, 3.63) is 88.0 Å².